The predicted molar refractivity (Wildman–Crippen MR) is 123 cm³/mol. The quantitative estimate of drug-likeness (QED) is 0.439. The number of carbonyl (C=O) groups is 1. The molecule has 5 rings (SSSR count). The van der Waals surface area contributed by atoms with Crippen molar-refractivity contribution in [3.05, 3.63) is 53.6 Å². The molecule has 1 fully saturated rings. The van der Waals surface area contributed by atoms with Crippen LogP contribution in [-0.2, 0) is 9.53 Å². The van der Waals surface area contributed by atoms with Gasteiger partial charge in [-0.2, -0.15) is 5.10 Å². The van der Waals surface area contributed by atoms with Crippen LogP contribution < -0.4 is 4.74 Å². The zero-order valence-electron chi connectivity index (χ0n) is 18.8. The first-order chi connectivity index (χ1) is 15.9. The minimum Gasteiger partial charge on any atom is -0.494 e. The normalized spacial score (nSPS) is 18.9. The second-order valence-electron chi connectivity index (χ2n) is 8.87. The third kappa shape index (κ3) is 3.54. The number of benzene rings is 2. The number of carboxylic acid groups (broad SMARTS) is 1. The van der Waals surface area contributed by atoms with Gasteiger partial charge in [-0.05, 0) is 48.6 Å². The Hall–Kier alpha value is -3.39. The summed E-state index contributed by atoms with van der Waals surface area (Å²) < 4.78 is 27.4. The molecule has 0 unspecified atom stereocenters. The van der Waals surface area contributed by atoms with Gasteiger partial charge in [-0.25, -0.2) is 9.18 Å². The number of halogens is 1. The highest BCUT2D eigenvalue weighted by molar-refractivity contribution is 5.99. The van der Waals surface area contributed by atoms with E-state index in [0.29, 0.717) is 19.4 Å². The monoisotopic (exact) mass is 451 g/mol. The van der Waals surface area contributed by atoms with Crippen LogP contribution in [0.4, 0.5) is 4.39 Å². The molecule has 172 valence electrons. The van der Waals surface area contributed by atoms with Crippen LogP contribution in [0.1, 0.15) is 49.8 Å². The number of rotatable bonds is 5. The van der Waals surface area contributed by atoms with E-state index >= 15 is 0 Å². The van der Waals surface area contributed by atoms with Crippen molar-refractivity contribution in [3.8, 4) is 11.4 Å². The number of nitrogens with one attached hydrogen (secondary N) is 1. The minimum absolute atomic E-state index is 0.0458. The fourth-order valence-electron chi connectivity index (χ4n) is 5.01. The molecule has 33 heavy (non-hydrogen) atoms. The molecule has 0 amide bonds. The lowest BCUT2D eigenvalue weighted by Gasteiger charge is -2.28. The second-order valence-corrected chi connectivity index (χ2v) is 8.87. The highest BCUT2D eigenvalue weighted by Crippen LogP contribution is 2.43. The Balaban J connectivity index is 1.77. The molecule has 3 heterocycles. The van der Waals surface area contributed by atoms with Gasteiger partial charge in [0.2, 0.25) is 0 Å². The van der Waals surface area contributed by atoms with Crippen molar-refractivity contribution in [2.45, 2.75) is 44.6 Å². The number of hydrogen-bond donors (Lipinski definition) is 2. The Bertz CT molecular complexity index is 1350. The van der Waals surface area contributed by atoms with Crippen LogP contribution in [0.5, 0.6) is 5.75 Å². The average Bonchev–Trinajstić information content (AvgIpc) is 3.39. The van der Waals surface area contributed by atoms with Gasteiger partial charge in [-0.3, -0.25) is 5.10 Å². The topological polar surface area (TPSA) is 89.4 Å². The summed E-state index contributed by atoms with van der Waals surface area (Å²) in [7, 11) is 1.46. The number of nitrogens with zero attached hydrogens (tertiary/aromatic N) is 2. The molecule has 2 aromatic heterocycles. The fourth-order valence-corrected chi connectivity index (χ4v) is 5.01. The summed E-state index contributed by atoms with van der Waals surface area (Å²) in [5.74, 6) is -0.957. The van der Waals surface area contributed by atoms with E-state index in [2.05, 4.69) is 40.7 Å². The van der Waals surface area contributed by atoms with Crippen molar-refractivity contribution in [3.63, 3.8) is 0 Å². The van der Waals surface area contributed by atoms with E-state index in [1.54, 1.807) is 18.3 Å². The van der Waals surface area contributed by atoms with E-state index in [-0.39, 0.29) is 17.6 Å². The lowest BCUT2D eigenvalue weighted by atomic mass is 9.87. The predicted octanol–water partition coefficient (Wildman–Crippen LogP) is 5.13. The number of methoxy groups -OCH3 is 1. The molecule has 1 saturated heterocycles. The third-order valence-corrected chi connectivity index (χ3v) is 6.50. The molecule has 8 heteroatoms. The first-order valence-corrected chi connectivity index (χ1v) is 11.1. The van der Waals surface area contributed by atoms with Gasteiger partial charge in [-0.15, -0.1) is 0 Å². The van der Waals surface area contributed by atoms with Crippen LogP contribution in [0.15, 0.2) is 36.5 Å². The zero-order valence-corrected chi connectivity index (χ0v) is 18.8. The van der Waals surface area contributed by atoms with E-state index < -0.39 is 17.9 Å². The largest absolute Gasteiger partial charge is 0.494 e. The molecule has 0 spiro atoms. The van der Waals surface area contributed by atoms with Gasteiger partial charge in [0, 0.05) is 34.1 Å². The molecule has 4 aromatic rings. The number of carboxylic acids is 1. The van der Waals surface area contributed by atoms with Crippen molar-refractivity contribution in [2.75, 3.05) is 13.7 Å². The van der Waals surface area contributed by atoms with Gasteiger partial charge in [0.15, 0.2) is 17.7 Å². The lowest BCUT2D eigenvalue weighted by Crippen LogP contribution is -2.31. The molecule has 1 aliphatic heterocycles. The Labute approximate surface area is 190 Å². The molecular formula is C25H26FN3O4. The van der Waals surface area contributed by atoms with Crippen molar-refractivity contribution in [1.82, 2.24) is 14.8 Å². The minimum atomic E-state index is -0.919. The number of hydrogen-bond acceptors (Lipinski definition) is 4. The van der Waals surface area contributed by atoms with E-state index in [0.717, 1.165) is 38.8 Å². The summed E-state index contributed by atoms with van der Waals surface area (Å²) in [4.78, 5) is 11.4. The lowest BCUT2D eigenvalue weighted by molar-refractivity contribution is -0.153. The fraction of sp³-hybridized carbons (Fsp3) is 0.360. The number of aromatic nitrogens is 3. The van der Waals surface area contributed by atoms with Crippen molar-refractivity contribution in [1.29, 1.82) is 0 Å². The Morgan fingerprint density at radius 2 is 2.12 bits per heavy atom. The maximum absolute atomic E-state index is 14.2. The maximum Gasteiger partial charge on any atom is 0.332 e. The van der Waals surface area contributed by atoms with Crippen molar-refractivity contribution in [2.24, 2.45) is 0 Å². The van der Waals surface area contributed by atoms with Gasteiger partial charge in [0.05, 0.1) is 30.9 Å². The van der Waals surface area contributed by atoms with Crippen LogP contribution in [0.2, 0.25) is 0 Å². The molecule has 0 bridgehead atoms. The van der Waals surface area contributed by atoms with Crippen LogP contribution in [0.25, 0.3) is 27.5 Å². The number of H-pyrrole nitrogens is 1. The Morgan fingerprint density at radius 3 is 2.79 bits per heavy atom. The molecule has 0 saturated carbocycles. The molecular weight excluding hydrogens is 425 g/mol. The number of aliphatic carboxylic acids is 1. The van der Waals surface area contributed by atoms with Gasteiger partial charge in [0.25, 0.3) is 0 Å². The third-order valence-electron chi connectivity index (χ3n) is 6.50. The second kappa shape index (κ2) is 8.19. The van der Waals surface area contributed by atoms with Crippen molar-refractivity contribution < 1.29 is 23.8 Å². The summed E-state index contributed by atoms with van der Waals surface area (Å²) in [6.45, 7) is 4.60. The van der Waals surface area contributed by atoms with Gasteiger partial charge >= 0.3 is 5.97 Å². The molecule has 2 N–H and O–H groups in total. The molecule has 2 aromatic carbocycles. The zero-order chi connectivity index (χ0) is 23.3. The highest BCUT2D eigenvalue weighted by Gasteiger charge is 2.33. The smallest absolute Gasteiger partial charge is 0.332 e. The molecule has 0 aliphatic carbocycles. The maximum atomic E-state index is 14.2. The molecule has 2 atom stereocenters. The number of ether oxygens (including phenoxy) is 2. The van der Waals surface area contributed by atoms with Crippen LogP contribution in [0.3, 0.4) is 0 Å². The summed E-state index contributed by atoms with van der Waals surface area (Å²) in [5.41, 5.74) is 4.95. The number of fused-ring (bicyclic) bond motifs is 2. The van der Waals surface area contributed by atoms with Crippen molar-refractivity contribution >= 4 is 27.8 Å². The van der Waals surface area contributed by atoms with E-state index in [9.17, 15) is 14.3 Å². The average molecular weight is 451 g/mol. The van der Waals surface area contributed by atoms with Gasteiger partial charge in [-0.1, -0.05) is 13.8 Å². The summed E-state index contributed by atoms with van der Waals surface area (Å²) in [5, 5.41) is 18.6. The summed E-state index contributed by atoms with van der Waals surface area (Å²) in [6.07, 6.45) is 2.19. The number of aromatic amines is 1. The standard InChI is InChI=1S/C25H26FN3O4/c1-13(2)24-23(14-4-7-21(25(30)31)33-12-14)17-10-19-15(11-27-28-19)8-20(17)29(24)16-5-6-18(26)22(9-16)32-3/h5-6,8-11,13-14,21H,4,7,12H2,1-3H3,(H,27,28)(H,30,31)/t14-,21+/m0/s1. The SMILES string of the molecule is COc1cc(-n2c(C(C)C)c([C@H]3CC[C@H](C(=O)O)OC3)c3cc4[nH]ncc4cc32)ccc1F. The van der Waals surface area contributed by atoms with E-state index in [1.807, 2.05) is 0 Å². The molecule has 0 radical (unpaired) electrons. The van der Waals surface area contributed by atoms with Gasteiger partial charge in [0.1, 0.15) is 0 Å². The van der Waals surface area contributed by atoms with Crippen LogP contribution >= 0.6 is 0 Å². The highest BCUT2D eigenvalue weighted by atomic mass is 19.1. The van der Waals surface area contributed by atoms with Crippen LogP contribution in [0, 0.1) is 5.82 Å². The summed E-state index contributed by atoms with van der Waals surface area (Å²) >= 11 is 0. The first-order valence-electron chi connectivity index (χ1n) is 11.1. The Kier molecular flexibility index (Phi) is 5.32. The Morgan fingerprint density at radius 1 is 1.30 bits per heavy atom. The first kappa shape index (κ1) is 21.5. The molecule has 7 nitrogen and oxygen atoms in total. The van der Waals surface area contributed by atoms with Gasteiger partial charge < -0.3 is 19.1 Å². The molecule has 1 aliphatic rings. The van der Waals surface area contributed by atoms with E-state index in [4.69, 9.17) is 9.47 Å². The van der Waals surface area contributed by atoms with Crippen LogP contribution in [-0.4, -0.2) is 45.7 Å². The summed E-state index contributed by atoms with van der Waals surface area (Å²) in [6, 6.07) is 9.07. The van der Waals surface area contributed by atoms with E-state index in [1.165, 1.54) is 13.2 Å².